The van der Waals surface area contributed by atoms with Crippen LogP contribution < -0.4 is 10.2 Å². The Bertz CT molecular complexity index is 707. The maximum Gasteiger partial charge on any atom is 0.229 e. The van der Waals surface area contributed by atoms with Gasteiger partial charge in [0.15, 0.2) is 0 Å². The lowest BCUT2D eigenvalue weighted by Gasteiger charge is -2.32. The molecule has 0 aliphatic carbocycles. The molecule has 1 aliphatic rings. The lowest BCUT2D eigenvalue weighted by atomic mass is 9.87. The minimum absolute atomic E-state index is 0.0296. The maximum absolute atomic E-state index is 12.7. The summed E-state index contributed by atoms with van der Waals surface area (Å²) in [4.78, 5) is 23.3. The van der Waals surface area contributed by atoms with Gasteiger partial charge in [-0.1, -0.05) is 32.9 Å². The first-order valence-corrected chi connectivity index (χ1v) is 8.86. The van der Waals surface area contributed by atoms with Gasteiger partial charge in [0.2, 0.25) is 5.91 Å². The highest BCUT2D eigenvalue weighted by Crippen LogP contribution is 2.25. The van der Waals surface area contributed by atoms with Gasteiger partial charge in [-0.25, -0.2) is 4.98 Å². The maximum atomic E-state index is 12.7. The number of amides is 1. The van der Waals surface area contributed by atoms with E-state index in [-0.39, 0.29) is 17.2 Å². The number of aromatic nitrogens is 2. The first kappa shape index (κ1) is 17.4. The predicted molar refractivity (Wildman–Crippen MR) is 101 cm³/mol. The van der Waals surface area contributed by atoms with Crippen LogP contribution in [0.4, 0.5) is 11.5 Å². The number of nitrogens with one attached hydrogen (secondary N) is 1. The van der Waals surface area contributed by atoms with Crippen LogP contribution in [-0.4, -0.2) is 29.0 Å². The van der Waals surface area contributed by atoms with Gasteiger partial charge >= 0.3 is 0 Å². The van der Waals surface area contributed by atoms with Crippen LogP contribution in [0.5, 0.6) is 0 Å². The van der Waals surface area contributed by atoms with Crippen LogP contribution in [0.3, 0.4) is 0 Å². The summed E-state index contributed by atoms with van der Waals surface area (Å²) in [5, 5.41) is 3.06. The molecule has 1 aromatic heterocycles. The molecule has 5 heteroatoms. The normalized spacial score (nSPS) is 18.0. The van der Waals surface area contributed by atoms with Crippen molar-refractivity contribution in [3.8, 4) is 0 Å². The van der Waals surface area contributed by atoms with Crippen LogP contribution in [0.25, 0.3) is 0 Å². The van der Waals surface area contributed by atoms with Crippen molar-refractivity contribution >= 4 is 17.4 Å². The Labute approximate surface area is 149 Å². The molecule has 3 rings (SSSR count). The fraction of sp³-hybridized carbons (Fsp3) is 0.450. The molecule has 1 fully saturated rings. The van der Waals surface area contributed by atoms with E-state index in [2.05, 4.69) is 53.1 Å². The lowest BCUT2D eigenvalue weighted by molar-refractivity contribution is -0.120. The van der Waals surface area contributed by atoms with Crippen molar-refractivity contribution in [3.63, 3.8) is 0 Å². The van der Waals surface area contributed by atoms with Crippen molar-refractivity contribution in [2.45, 2.75) is 39.0 Å². The number of hydrogen-bond donors (Lipinski definition) is 1. The minimum atomic E-state index is -0.0296. The molecular formula is C20H26N4O. The zero-order chi connectivity index (χ0) is 17.9. The van der Waals surface area contributed by atoms with E-state index in [9.17, 15) is 4.79 Å². The van der Waals surface area contributed by atoms with Gasteiger partial charge in [-0.15, -0.1) is 0 Å². The highest BCUT2D eigenvalue weighted by Gasteiger charge is 2.26. The Morgan fingerprint density at radius 3 is 2.60 bits per heavy atom. The van der Waals surface area contributed by atoms with E-state index in [1.165, 1.54) is 5.56 Å². The smallest absolute Gasteiger partial charge is 0.229 e. The highest BCUT2D eigenvalue weighted by atomic mass is 16.1. The highest BCUT2D eigenvalue weighted by molar-refractivity contribution is 5.93. The molecule has 1 amide bonds. The summed E-state index contributed by atoms with van der Waals surface area (Å²) in [5.41, 5.74) is 2.23. The Morgan fingerprint density at radius 1 is 1.20 bits per heavy atom. The average molecular weight is 338 g/mol. The lowest BCUT2D eigenvalue weighted by Crippen LogP contribution is -2.41. The fourth-order valence-corrected chi connectivity index (χ4v) is 3.15. The summed E-state index contributed by atoms with van der Waals surface area (Å²) in [6, 6.07) is 8.15. The number of carbonyl (C=O) groups excluding carboxylic acids is 1. The number of carbonyl (C=O) groups is 1. The summed E-state index contributed by atoms with van der Waals surface area (Å²) in [6.45, 7) is 8.16. The fourth-order valence-electron chi connectivity index (χ4n) is 3.15. The van der Waals surface area contributed by atoms with Gasteiger partial charge in [0.05, 0.1) is 12.1 Å². The number of hydrogen-bond acceptors (Lipinski definition) is 4. The van der Waals surface area contributed by atoms with Gasteiger partial charge in [-0.05, 0) is 36.0 Å². The Kier molecular flexibility index (Phi) is 5.02. The summed E-state index contributed by atoms with van der Waals surface area (Å²) < 4.78 is 0. The van der Waals surface area contributed by atoms with Gasteiger partial charge < -0.3 is 10.2 Å². The topological polar surface area (TPSA) is 58.1 Å². The van der Waals surface area contributed by atoms with E-state index >= 15 is 0 Å². The Morgan fingerprint density at radius 2 is 1.96 bits per heavy atom. The van der Waals surface area contributed by atoms with Crippen LogP contribution in [0.1, 0.15) is 39.2 Å². The van der Waals surface area contributed by atoms with E-state index in [0.717, 1.165) is 30.9 Å². The van der Waals surface area contributed by atoms with Crippen LogP contribution in [0.15, 0.2) is 42.9 Å². The number of benzene rings is 1. The first-order chi connectivity index (χ1) is 11.9. The van der Waals surface area contributed by atoms with Crippen molar-refractivity contribution in [2.75, 3.05) is 23.3 Å². The van der Waals surface area contributed by atoms with Crippen LogP contribution in [-0.2, 0) is 10.2 Å². The quantitative estimate of drug-likeness (QED) is 0.928. The molecule has 5 nitrogen and oxygen atoms in total. The van der Waals surface area contributed by atoms with Crippen molar-refractivity contribution in [1.82, 2.24) is 9.97 Å². The molecule has 1 atom stereocenters. The molecule has 2 heterocycles. The third-order valence-corrected chi connectivity index (χ3v) is 4.68. The summed E-state index contributed by atoms with van der Waals surface area (Å²) in [6.07, 6.45) is 7.00. The number of anilines is 2. The second-order valence-electron chi connectivity index (χ2n) is 7.67. The molecule has 1 aliphatic heterocycles. The largest absolute Gasteiger partial charge is 0.355 e. The van der Waals surface area contributed by atoms with Gasteiger partial charge in [0, 0.05) is 31.2 Å². The van der Waals surface area contributed by atoms with Gasteiger partial charge in [0.1, 0.15) is 5.82 Å². The zero-order valence-electron chi connectivity index (χ0n) is 15.2. The molecule has 1 saturated heterocycles. The predicted octanol–water partition coefficient (Wildman–Crippen LogP) is 3.63. The number of rotatable bonds is 3. The summed E-state index contributed by atoms with van der Waals surface area (Å²) in [5.74, 6) is 0.893. The SMILES string of the molecule is CC(C)(C)c1ccc(NC(=O)[C@H]2CCCN(c3cnccn3)C2)cc1. The molecule has 0 spiro atoms. The monoisotopic (exact) mass is 338 g/mol. The van der Waals surface area contributed by atoms with Crippen molar-refractivity contribution in [1.29, 1.82) is 0 Å². The molecule has 132 valence electrons. The molecule has 0 bridgehead atoms. The molecule has 1 aromatic carbocycles. The first-order valence-electron chi connectivity index (χ1n) is 8.86. The zero-order valence-corrected chi connectivity index (χ0v) is 15.2. The van der Waals surface area contributed by atoms with Crippen LogP contribution in [0, 0.1) is 5.92 Å². The molecule has 25 heavy (non-hydrogen) atoms. The van der Waals surface area contributed by atoms with E-state index in [1.807, 2.05) is 12.1 Å². The van der Waals surface area contributed by atoms with E-state index in [0.29, 0.717) is 6.54 Å². The third-order valence-electron chi connectivity index (χ3n) is 4.68. The Balaban J connectivity index is 1.63. The van der Waals surface area contributed by atoms with E-state index in [4.69, 9.17) is 0 Å². The van der Waals surface area contributed by atoms with Crippen LogP contribution >= 0.6 is 0 Å². The van der Waals surface area contributed by atoms with Crippen LogP contribution in [0.2, 0.25) is 0 Å². The number of piperidine rings is 1. The Hall–Kier alpha value is -2.43. The summed E-state index contributed by atoms with van der Waals surface area (Å²) >= 11 is 0. The summed E-state index contributed by atoms with van der Waals surface area (Å²) in [7, 11) is 0. The molecule has 1 N–H and O–H groups in total. The van der Waals surface area contributed by atoms with Crippen molar-refractivity contribution in [3.05, 3.63) is 48.4 Å². The van der Waals surface area contributed by atoms with E-state index < -0.39 is 0 Å². The number of nitrogens with zero attached hydrogens (tertiary/aromatic N) is 3. The molecule has 0 radical (unpaired) electrons. The third kappa shape index (κ3) is 4.35. The van der Waals surface area contributed by atoms with Gasteiger partial charge in [-0.3, -0.25) is 9.78 Å². The average Bonchev–Trinajstić information content (AvgIpc) is 2.62. The standard InChI is InChI=1S/C20H26N4O/c1-20(2,3)16-6-8-17(9-7-16)23-19(25)15-5-4-12-24(14-15)18-13-21-10-11-22-18/h6-11,13,15H,4-5,12,14H2,1-3H3,(H,23,25)/t15-/m0/s1. The molecular weight excluding hydrogens is 312 g/mol. The van der Waals surface area contributed by atoms with Gasteiger partial charge in [-0.2, -0.15) is 0 Å². The van der Waals surface area contributed by atoms with Gasteiger partial charge in [0.25, 0.3) is 0 Å². The molecule has 0 saturated carbocycles. The second kappa shape index (κ2) is 7.21. The minimum Gasteiger partial charge on any atom is -0.355 e. The van der Waals surface area contributed by atoms with Crippen molar-refractivity contribution in [2.24, 2.45) is 5.92 Å². The molecule has 0 unspecified atom stereocenters. The van der Waals surface area contributed by atoms with E-state index in [1.54, 1.807) is 18.6 Å². The van der Waals surface area contributed by atoms with Crippen molar-refractivity contribution < 1.29 is 4.79 Å². The molecule has 2 aromatic rings. The second-order valence-corrected chi connectivity index (χ2v) is 7.67.